The summed E-state index contributed by atoms with van der Waals surface area (Å²) in [6, 6.07) is 13.6. The minimum absolute atomic E-state index is 0.0588. The van der Waals surface area contributed by atoms with Crippen LogP contribution in [-0.4, -0.2) is 17.3 Å². The highest BCUT2D eigenvalue weighted by Crippen LogP contribution is 2.32. The number of fused-ring (bicyclic) bond motifs is 1. The lowest BCUT2D eigenvalue weighted by Gasteiger charge is -2.20. The molecule has 0 aromatic heterocycles. The molecule has 2 N–H and O–H groups in total. The highest BCUT2D eigenvalue weighted by molar-refractivity contribution is 7.98. The zero-order valence-electron chi connectivity index (χ0n) is 11.8. The van der Waals surface area contributed by atoms with Gasteiger partial charge in [-0.1, -0.05) is 30.3 Å². The van der Waals surface area contributed by atoms with E-state index in [-0.39, 0.29) is 5.91 Å². The number of hydrogen-bond acceptors (Lipinski definition) is 3. The lowest BCUT2D eigenvalue weighted by Crippen LogP contribution is -2.19. The molecule has 1 heterocycles. The number of amides is 1. The molecular weight excluding hydrogens is 282 g/mol. The third-order valence-electron chi connectivity index (χ3n) is 3.77. The summed E-state index contributed by atoms with van der Waals surface area (Å²) < 4.78 is 0. The molecule has 4 heteroatoms. The molecule has 1 aliphatic heterocycles. The number of rotatable bonds is 3. The molecule has 3 rings (SSSR count). The topological polar surface area (TPSA) is 49.3 Å². The SMILES string of the molecule is CSc1ccccc1C(O)c1ccc2c(c1)CCC(=O)N2. The van der Waals surface area contributed by atoms with Gasteiger partial charge in [-0.05, 0) is 41.5 Å². The van der Waals surface area contributed by atoms with Gasteiger partial charge < -0.3 is 10.4 Å². The van der Waals surface area contributed by atoms with E-state index in [4.69, 9.17) is 0 Å². The molecule has 0 radical (unpaired) electrons. The summed E-state index contributed by atoms with van der Waals surface area (Å²) in [5, 5.41) is 13.5. The number of aryl methyl sites for hydroxylation is 1. The van der Waals surface area contributed by atoms with Crippen molar-refractivity contribution < 1.29 is 9.90 Å². The zero-order valence-corrected chi connectivity index (χ0v) is 12.6. The second kappa shape index (κ2) is 5.92. The molecule has 0 saturated carbocycles. The van der Waals surface area contributed by atoms with Gasteiger partial charge in [0.15, 0.2) is 0 Å². The first kappa shape index (κ1) is 14.2. The average molecular weight is 299 g/mol. The van der Waals surface area contributed by atoms with E-state index in [0.29, 0.717) is 6.42 Å². The van der Waals surface area contributed by atoms with Crippen LogP contribution in [0.25, 0.3) is 0 Å². The second-order valence-electron chi connectivity index (χ2n) is 5.11. The van der Waals surface area contributed by atoms with Gasteiger partial charge in [-0.2, -0.15) is 0 Å². The Kier molecular flexibility index (Phi) is 3.99. The molecule has 1 unspecified atom stereocenters. The monoisotopic (exact) mass is 299 g/mol. The number of carbonyl (C=O) groups excluding carboxylic acids is 1. The van der Waals surface area contributed by atoms with Crippen molar-refractivity contribution in [3.8, 4) is 0 Å². The van der Waals surface area contributed by atoms with Crippen LogP contribution < -0.4 is 5.32 Å². The minimum Gasteiger partial charge on any atom is -0.384 e. The standard InChI is InChI=1S/C17H17NO2S/c1-21-15-5-3-2-4-13(15)17(20)12-6-8-14-11(10-12)7-9-16(19)18-14/h2-6,8,10,17,20H,7,9H2,1H3,(H,18,19). The molecule has 21 heavy (non-hydrogen) atoms. The van der Waals surface area contributed by atoms with Gasteiger partial charge in [0.1, 0.15) is 6.10 Å². The summed E-state index contributed by atoms with van der Waals surface area (Å²) >= 11 is 1.63. The molecule has 1 atom stereocenters. The fourth-order valence-corrected chi connectivity index (χ4v) is 3.28. The number of thioether (sulfide) groups is 1. The van der Waals surface area contributed by atoms with Crippen molar-refractivity contribution in [2.24, 2.45) is 0 Å². The largest absolute Gasteiger partial charge is 0.384 e. The Hall–Kier alpha value is -1.78. The Balaban J connectivity index is 1.95. The molecule has 3 nitrogen and oxygen atoms in total. The number of hydrogen-bond donors (Lipinski definition) is 2. The highest BCUT2D eigenvalue weighted by Gasteiger charge is 2.19. The van der Waals surface area contributed by atoms with Crippen molar-refractivity contribution >= 4 is 23.4 Å². The van der Waals surface area contributed by atoms with E-state index in [1.807, 2.05) is 48.7 Å². The van der Waals surface area contributed by atoms with Crippen molar-refractivity contribution in [1.29, 1.82) is 0 Å². The fraction of sp³-hybridized carbons (Fsp3) is 0.235. The molecule has 0 aliphatic carbocycles. The first-order valence-corrected chi connectivity index (χ1v) is 8.15. The summed E-state index contributed by atoms with van der Waals surface area (Å²) in [6.45, 7) is 0. The average Bonchev–Trinajstić information content (AvgIpc) is 2.53. The molecule has 0 saturated heterocycles. The van der Waals surface area contributed by atoms with Gasteiger partial charge in [0.05, 0.1) is 0 Å². The molecule has 0 spiro atoms. The number of carbonyl (C=O) groups is 1. The highest BCUT2D eigenvalue weighted by atomic mass is 32.2. The van der Waals surface area contributed by atoms with Gasteiger partial charge in [0, 0.05) is 17.0 Å². The maximum atomic E-state index is 11.4. The van der Waals surface area contributed by atoms with Crippen LogP contribution in [0.1, 0.15) is 29.2 Å². The van der Waals surface area contributed by atoms with Crippen LogP contribution in [-0.2, 0) is 11.2 Å². The van der Waals surface area contributed by atoms with Gasteiger partial charge >= 0.3 is 0 Å². The summed E-state index contributed by atoms with van der Waals surface area (Å²) in [5.41, 5.74) is 3.74. The van der Waals surface area contributed by atoms with Gasteiger partial charge in [0.2, 0.25) is 5.91 Å². The molecule has 1 aliphatic rings. The minimum atomic E-state index is -0.642. The van der Waals surface area contributed by atoms with E-state index in [2.05, 4.69) is 5.32 Å². The second-order valence-corrected chi connectivity index (χ2v) is 5.96. The van der Waals surface area contributed by atoms with Gasteiger partial charge in [0.25, 0.3) is 0 Å². The van der Waals surface area contributed by atoms with Crippen LogP contribution in [0.15, 0.2) is 47.4 Å². The Bertz CT molecular complexity index is 684. The van der Waals surface area contributed by atoms with Crippen molar-refractivity contribution in [1.82, 2.24) is 0 Å². The molecular formula is C17H17NO2S. The molecule has 0 bridgehead atoms. The Morgan fingerprint density at radius 2 is 2.00 bits per heavy atom. The molecule has 108 valence electrons. The van der Waals surface area contributed by atoms with E-state index >= 15 is 0 Å². The summed E-state index contributed by atoms with van der Waals surface area (Å²) in [7, 11) is 0. The van der Waals surface area contributed by atoms with E-state index in [1.54, 1.807) is 11.8 Å². The van der Waals surface area contributed by atoms with Crippen LogP contribution >= 0.6 is 11.8 Å². The van der Waals surface area contributed by atoms with Crippen molar-refractivity contribution in [3.63, 3.8) is 0 Å². The normalized spacial score (nSPS) is 15.2. The number of aliphatic hydroxyl groups excluding tert-OH is 1. The smallest absolute Gasteiger partial charge is 0.224 e. The molecule has 0 fully saturated rings. The van der Waals surface area contributed by atoms with Crippen molar-refractivity contribution in [2.45, 2.75) is 23.8 Å². The fourth-order valence-electron chi connectivity index (χ4n) is 2.65. The number of anilines is 1. The predicted octanol–water partition coefficient (Wildman–Crippen LogP) is 3.37. The van der Waals surface area contributed by atoms with E-state index in [1.165, 1.54) is 0 Å². The zero-order chi connectivity index (χ0) is 14.8. The number of nitrogens with one attached hydrogen (secondary N) is 1. The van der Waals surface area contributed by atoms with Gasteiger partial charge in [-0.3, -0.25) is 4.79 Å². The van der Waals surface area contributed by atoms with Crippen molar-refractivity contribution in [2.75, 3.05) is 11.6 Å². The first-order valence-electron chi connectivity index (χ1n) is 6.92. The summed E-state index contributed by atoms with van der Waals surface area (Å²) in [4.78, 5) is 12.5. The Morgan fingerprint density at radius 1 is 1.19 bits per heavy atom. The lowest BCUT2D eigenvalue weighted by molar-refractivity contribution is -0.116. The van der Waals surface area contributed by atoms with Crippen LogP contribution in [0, 0.1) is 0 Å². The van der Waals surface area contributed by atoms with Gasteiger partial charge in [-0.25, -0.2) is 0 Å². The Labute approximate surface area is 128 Å². The lowest BCUT2D eigenvalue weighted by atomic mass is 9.95. The van der Waals surface area contributed by atoms with Crippen molar-refractivity contribution in [3.05, 3.63) is 59.2 Å². The van der Waals surface area contributed by atoms with Gasteiger partial charge in [-0.15, -0.1) is 11.8 Å². The molecule has 2 aromatic carbocycles. The first-order chi connectivity index (χ1) is 10.2. The third-order valence-corrected chi connectivity index (χ3v) is 4.59. The third kappa shape index (κ3) is 2.82. The summed E-state index contributed by atoms with van der Waals surface area (Å²) in [6.07, 6.45) is 2.60. The summed E-state index contributed by atoms with van der Waals surface area (Å²) in [5.74, 6) is 0.0588. The van der Waals surface area contributed by atoms with Crippen LogP contribution in [0.2, 0.25) is 0 Å². The van der Waals surface area contributed by atoms with E-state index in [9.17, 15) is 9.90 Å². The maximum Gasteiger partial charge on any atom is 0.224 e. The van der Waals surface area contributed by atoms with E-state index < -0.39 is 6.10 Å². The number of benzene rings is 2. The van der Waals surface area contributed by atoms with Crippen LogP contribution in [0.3, 0.4) is 0 Å². The predicted molar refractivity (Wildman–Crippen MR) is 85.7 cm³/mol. The molecule has 1 amide bonds. The van der Waals surface area contributed by atoms with Crippen LogP contribution in [0.5, 0.6) is 0 Å². The maximum absolute atomic E-state index is 11.4. The molecule has 2 aromatic rings. The number of aliphatic hydroxyl groups is 1. The van der Waals surface area contributed by atoms with Crippen LogP contribution in [0.4, 0.5) is 5.69 Å². The Morgan fingerprint density at radius 3 is 2.81 bits per heavy atom. The van der Waals surface area contributed by atoms with E-state index in [0.717, 1.165) is 33.7 Å². The quantitative estimate of drug-likeness (QED) is 0.854.